The van der Waals surface area contributed by atoms with Gasteiger partial charge in [0.05, 0.1) is 11.1 Å². The number of halogens is 4. The first-order chi connectivity index (χ1) is 9.70. The predicted octanol–water partition coefficient (Wildman–Crippen LogP) is 4.69. The van der Waals surface area contributed by atoms with Crippen LogP contribution in [0.5, 0.6) is 0 Å². The Morgan fingerprint density at radius 2 is 1.57 bits per heavy atom. The Balaban J connectivity index is 2.54. The van der Waals surface area contributed by atoms with Crippen LogP contribution in [-0.2, 0) is 6.18 Å². The molecule has 0 N–H and O–H groups in total. The van der Waals surface area contributed by atoms with Crippen LogP contribution in [0.4, 0.5) is 17.6 Å². The SMILES string of the molecule is Cc1cc(C)cc(C(=O)c2cccc(C(F)(F)F)c2F)c1. The number of rotatable bonds is 2. The van der Waals surface area contributed by atoms with Crippen molar-refractivity contribution >= 4 is 5.78 Å². The smallest absolute Gasteiger partial charge is 0.288 e. The van der Waals surface area contributed by atoms with E-state index >= 15 is 0 Å². The molecular weight excluding hydrogens is 284 g/mol. The predicted molar refractivity (Wildman–Crippen MR) is 70.8 cm³/mol. The molecule has 0 fully saturated rings. The summed E-state index contributed by atoms with van der Waals surface area (Å²) in [4.78, 5) is 12.2. The zero-order valence-electron chi connectivity index (χ0n) is 11.4. The third kappa shape index (κ3) is 3.12. The van der Waals surface area contributed by atoms with Gasteiger partial charge in [0, 0.05) is 5.56 Å². The molecule has 0 heterocycles. The summed E-state index contributed by atoms with van der Waals surface area (Å²) in [5.41, 5.74) is -0.269. The maximum absolute atomic E-state index is 14.0. The van der Waals surface area contributed by atoms with Gasteiger partial charge < -0.3 is 0 Å². The molecule has 0 spiro atoms. The first-order valence-corrected chi connectivity index (χ1v) is 6.19. The monoisotopic (exact) mass is 296 g/mol. The van der Waals surface area contributed by atoms with Crippen LogP contribution in [0, 0.1) is 19.7 Å². The van der Waals surface area contributed by atoms with Gasteiger partial charge in [0.15, 0.2) is 5.78 Å². The van der Waals surface area contributed by atoms with Gasteiger partial charge in [-0.05, 0) is 38.1 Å². The Bertz CT molecular complexity index is 682. The van der Waals surface area contributed by atoms with Crippen molar-refractivity contribution in [3.63, 3.8) is 0 Å². The maximum atomic E-state index is 14.0. The van der Waals surface area contributed by atoms with Gasteiger partial charge in [-0.15, -0.1) is 0 Å². The molecule has 0 aromatic heterocycles. The molecule has 2 rings (SSSR count). The van der Waals surface area contributed by atoms with Gasteiger partial charge in [0.25, 0.3) is 0 Å². The topological polar surface area (TPSA) is 17.1 Å². The summed E-state index contributed by atoms with van der Waals surface area (Å²) in [7, 11) is 0. The zero-order chi connectivity index (χ0) is 15.8. The molecule has 0 atom stereocenters. The summed E-state index contributed by atoms with van der Waals surface area (Å²) in [6.45, 7) is 3.51. The highest BCUT2D eigenvalue weighted by molar-refractivity contribution is 6.09. The second-order valence-corrected chi connectivity index (χ2v) is 4.87. The van der Waals surface area contributed by atoms with Crippen LogP contribution in [0.15, 0.2) is 36.4 Å². The number of aryl methyl sites for hydroxylation is 2. The molecule has 0 amide bonds. The molecule has 0 aliphatic heterocycles. The number of alkyl halides is 3. The number of carbonyl (C=O) groups is 1. The fourth-order valence-corrected chi connectivity index (χ4v) is 2.19. The van der Waals surface area contributed by atoms with E-state index < -0.39 is 28.9 Å². The molecule has 0 bridgehead atoms. The Morgan fingerprint density at radius 3 is 2.10 bits per heavy atom. The van der Waals surface area contributed by atoms with Gasteiger partial charge in [0.1, 0.15) is 5.82 Å². The Hall–Kier alpha value is -2.17. The lowest BCUT2D eigenvalue weighted by Gasteiger charge is -2.11. The average molecular weight is 296 g/mol. The van der Waals surface area contributed by atoms with Gasteiger partial charge in [-0.25, -0.2) is 4.39 Å². The summed E-state index contributed by atoms with van der Waals surface area (Å²) in [6, 6.07) is 7.57. The van der Waals surface area contributed by atoms with Crippen LogP contribution < -0.4 is 0 Å². The molecule has 1 nitrogen and oxygen atoms in total. The lowest BCUT2D eigenvalue weighted by Crippen LogP contribution is -2.13. The third-order valence-electron chi connectivity index (χ3n) is 3.03. The second-order valence-electron chi connectivity index (χ2n) is 4.87. The largest absolute Gasteiger partial charge is 0.419 e. The van der Waals surface area contributed by atoms with E-state index in [4.69, 9.17) is 0 Å². The summed E-state index contributed by atoms with van der Waals surface area (Å²) < 4.78 is 52.0. The quantitative estimate of drug-likeness (QED) is 0.580. The Labute approximate surface area is 119 Å². The van der Waals surface area contributed by atoms with Gasteiger partial charge >= 0.3 is 6.18 Å². The molecule has 5 heteroatoms. The number of carbonyl (C=O) groups excluding carboxylic acids is 1. The number of hydrogen-bond acceptors (Lipinski definition) is 1. The van der Waals surface area contributed by atoms with Crippen molar-refractivity contribution in [2.45, 2.75) is 20.0 Å². The number of ketones is 1. The molecule has 0 aliphatic rings. The minimum absolute atomic E-state index is 0.172. The Kier molecular flexibility index (Phi) is 3.85. The molecule has 0 unspecified atom stereocenters. The van der Waals surface area contributed by atoms with E-state index in [9.17, 15) is 22.4 Å². The fraction of sp³-hybridized carbons (Fsp3) is 0.188. The molecule has 0 saturated heterocycles. The molecule has 2 aromatic rings. The lowest BCUT2D eigenvalue weighted by atomic mass is 9.97. The van der Waals surface area contributed by atoms with Crippen LogP contribution >= 0.6 is 0 Å². The first kappa shape index (κ1) is 15.2. The fourth-order valence-electron chi connectivity index (χ4n) is 2.19. The van der Waals surface area contributed by atoms with E-state index in [0.29, 0.717) is 6.07 Å². The van der Waals surface area contributed by atoms with E-state index in [0.717, 1.165) is 23.3 Å². The minimum atomic E-state index is -4.83. The van der Waals surface area contributed by atoms with Gasteiger partial charge in [-0.3, -0.25) is 4.79 Å². The number of hydrogen-bond donors (Lipinski definition) is 0. The van der Waals surface area contributed by atoms with Crippen LogP contribution in [0.25, 0.3) is 0 Å². The highest BCUT2D eigenvalue weighted by atomic mass is 19.4. The minimum Gasteiger partial charge on any atom is -0.288 e. The summed E-state index contributed by atoms with van der Waals surface area (Å²) in [5, 5.41) is 0. The average Bonchev–Trinajstić information content (AvgIpc) is 2.35. The molecule has 21 heavy (non-hydrogen) atoms. The van der Waals surface area contributed by atoms with E-state index in [1.165, 1.54) is 12.1 Å². The first-order valence-electron chi connectivity index (χ1n) is 6.19. The zero-order valence-corrected chi connectivity index (χ0v) is 11.4. The molecular formula is C16H12F4O. The van der Waals surface area contributed by atoms with Crippen molar-refractivity contribution in [2.24, 2.45) is 0 Å². The van der Waals surface area contributed by atoms with Crippen LogP contribution in [-0.4, -0.2) is 5.78 Å². The van der Waals surface area contributed by atoms with Crippen molar-refractivity contribution < 1.29 is 22.4 Å². The van der Waals surface area contributed by atoms with Crippen molar-refractivity contribution in [3.8, 4) is 0 Å². The molecule has 110 valence electrons. The van der Waals surface area contributed by atoms with Crippen LogP contribution in [0.3, 0.4) is 0 Å². The highest BCUT2D eigenvalue weighted by Gasteiger charge is 2.35. The van der Waals surface area contributed by atoms with Crippen LogP contribution in [0.1, 0.15) is 32.6 Å². The molecule has 0 radical (unpaired) electrons. The highest BCUT2D eigenvalue weighted by Crippen LogP contribution is 2.33. The van der Waals surface area contributed by atoms with Gasteiger partial charge in [0.2, 0.25) is 0 Å². The molecule has 2 aromatic carbocycles. The van der Waals surface area contributed by atoms with Gasteiger partial charge in [-0.1, -0.05) is 23.3 Å². The third-order valence-corrected chi connectivity index (χ3v) is 3.03. The van der Waals surface area contributed by atoms with E-state index in [-0.39, 0.29) is 5.56 Å². The number of benzene rings is 2. The van der Waals surface area contributed by atoms with E-state index in [2.05, 4.69) is 0 Å². The molecule has 0 aliphatic carbocycles. The second kappa shape index (κ2) is 5.31. The lowest BCUT2D eigenvalue weighted by molar-refractivity contribution is -0.140. The summed E-state index contributed by atoms with van der Waals surface area (Å²) in [6.07, 6.45) is -4.83. The normalized spacial score (nSPS) is 11.5. The molecule has 0 saturated carbocycles. The standard InChI is InChI=1S/C16H12F4O/c1-9-6-10(2)8-11(7-9)15(21)12-4-3-5-13(14(12)17)16(18,19)20/h3-8H,1-2H3. The van der Waals surface area contributed by atoms with E-state index in [1.807, 2.05) is 6.07 Å². The van der Waals surface area contributed by atoms with Crippen molar-refractivity contribution in [1.29, 1.82) is 0 Å². The van der Waals surface area contributed by atoms with Crippen LogP contribution in [0.2, 0.25) is 0 Å². The maximum Gasteiger partial charge on any atom is 0.419 e. The van der Waals surface area contributed by atoms with Gasteiger partial charge in [-0.2, -0.15) is 13.2 Å². The van der Waals surface area contributed by atoms with E-state index in [1.54, 1.807) is 13.8 Å². The summed E-state index contributed by atoms with van der Waals surface area (Å²) in [5.74, 6) is -2.29. The Morgan fingerprint density at radius 1 is 1.00 bits per heavy atom. The summed E-state index contributed by atoms with van der Waals surface area (Å²) >= 11 is 0. The van der Waals surface area contributed by atoms with Crippen molar-refractivity contribution in [2.75, 3.05) is 0 Å². The van der Waals surface area contributed by atoms with Crippen molar-refractivity contribution in [3.05, 3.63) is 70.0 Å². The van der Waals surface area contributed by atoms with Crippen molar-refractivity contribution in [1.82, 2.24) is 0 Å².